The van der Waals surface area contributed by atoms with E-state index in [4.69, 9.17) is 0 Å². The third kappa shape index (κ3) is 2.79. The number of aliphatic hydroxyl groups is 1. The van der Waals surface area contributed by atoms with E-state index >= 15 is 0 Å². The minimum atomic E-state index is -0.192. The number of aryl methyl sites for hydroxylation is 1. The van der Waals surface area contributed by atoms with Crippen molar-refractivity contribution in [2.75, 3.05) is 13.7 Å². The van der Waals surface area contributed by atoms with Crippen LogP contribution in [0.1, 0.15) is 26.5 Å². The van der Waals surface area contributed by atoms with Gasteiger partial charge in [-0.1, -0.05) is 0 Å². The SMILES string of the molecule is CCn1nccc1CN(C)C(C)(C)CO. The number of aromatic nitrogens is 2. The molecule has 1 heterocycles. The van der Waals surface area contributed by atoms with E-state index < -0.39 is 0 Å². The molecule has 4 nitrogen and oxygen atoms in total. The van der Waals surface area contributed by atoms with Gasteiger partial charge < -0.3 is 5.11 Å². The molecule has 0 aliphatic rings. The van der Waals surface area contributed by atoms with E-state index in [2.05, 4.69) is 16.9 Å². The third-order valence-corrected chi connectivity index (χ3v) is 2.92. The first kappa shape index (κ1) is 12.2. The van der Waals surface area contributed by atoms with Gasteiger partial charge in [0.05, 0.1) is 12.3 Å². The Morgan fingerprint density at radius 3 is 2.73 bits per heavy atom. The van der Waals surface area contributed by atoms with Crippen LogP contribution in [0.25, 0.3) is 0 Å². The smallest absolute Gasteiger partial charge is 0.0610 e. The molecule has 0 amide bonds. The van der Waals surface area contributed by atoms with Gasteiger partial charge in [-0.15, -0.1) is 0 Å². The van der Waals surface area contributed by atoms with E-state index in [0.29, 0.717) is 0 Å². The molecule has 1 aromatic rings. The monoisotopic (exact) mass is 211 g/mol. The van der Waals surface area contributed by atoms with Gasteiger partial charge in [0.15, 0.2) is 0 Å². The molecule has 0 bridgehead atoms. The van der Waals surface area contributed by atoms with Gasteiger partial charge in [0.25, 0.3) is 0 Å². The molecule has 0 fully saturated rings. The van der Waals surface area contributed by atoms with E-state index in [1.54, 1.807) is 0 Å². The van der Waals surface area contributed by atoms with Gasteiger partial charge in [-0.25, -0.2) is 0 Å². The van der Waals surface area contributed by atoms with Crippen molar-refractivity contribution in [3.05, 3.63) is 18.0 Å². The quantitative estimate of drug-likeness (QED) is 0.793. The van der Waals surface area contributed by atoms with Crippen LogP contribution in [0.15, 0.2) is 12.3 Å². The normalized spacial score (nSPS) is 12.4. The van der Waals surface area contributed by atoms with Gasteiger partial charge in [-0.2, -0.15) is 5.10 Å². The first-order valence-corrected chi connectivity index (χ1v) is 5.34. The first-order chi connectivity index (χ1) is 7.01. The molecule has 15 heavy (non-hydrogen) atoms. The van der Waals surface area contributed by atoms with Crippen molar-refractivity contribution in [1.82, 2.24) is 14.7 Å². The molecule has 1 N–H and O–H groups in total. The summed E-state index contributed by atoms with van der Waals surface area (Å²) in [6.07, 6.45) is 1.82. The van der Waals surface area contributed by atoms with Crippen LogP contribution in [0, 0.1) is 0 Å². The fraction of sp³-hybridized carbons (Fsp3) is 0.727. The zero-order valence-electron chi connectivity index (χ0n) is 10.1. The Labute approximate surface area is 91.5 Å². The molecule has 86 valence electrons. The lowest BCUT2D eigenvalue weighted by Crippen LogP contribution is -2.44. The summed E-state index contributed by atoms with van der Waals surface area (Å²) in [5.74, 6) is 0. The van der Waals surface area contributed by atoms with Gasteiger partial charge in [0, 0.05) is 24.8 Å². The maximum absolute atomic E-state index is 9.26. The lowest BCUT2D eigenvalue weighted by Gasteiger charge is -2.33. The van der Waals surface area contributed by atoms with E-state index in [1.165, 1.54) is 5.69 Å². The highest BCUT2D eigenvalue weighted by Gasteiger charge is 2.23. The minimum Gasteiger partial charge on any atom is -0.394 e. The van der Waals surface area contributed by atoms with Crippen LogP contribution in [0.2, 0.25) is 0 Å². The first-order valence-electron chi connectivity index (χ1n) is 5.34. The summed E-state index contributed by atoms with van der Waals surface area (Å²) >= 11 is 0. The molecule has 1 aromatic heterocycles. The van der Waals surface area contributed by atoms with E-state index in [1.807, 2.05) is 37.8 Å². The molecule has 0 unspecified atom stereocenters. The molecule has 0 atom stereocenters. The van der Waals surface area contributed by atoms with Crippen LogP contribution in [-0.4, -0.2) is 39.0 Å². The maximum atomic E-state index is 9.26. The van der Waals surface area contributed by atoms with Crippen LogP contribution in [0.5, 0.6) is 0 Å². The van der Waals surface area contributed by atoms with Crippen molar-refractivity contribution >= 4 is 0 Å². The Bertz CT molecular complexity index is 307. The molecular formula is C11H21N3O. The molecule has 0 saturated heterocycles. The fourth-order valence-corrected chi connectivity index (χ4v) is 1.36. The highest BCUT2D eigenvalue weighted by atomic mass is 16.3. The number of hydrogen-bond donors (Lipinski definition) is 1. The Hall–Kier alpha value is -0.870. The number of nitrogens with zero attached hydrogens (tertiary/aromatic N) is 3. The maximum Gasteiger partial charge on any atom is 0.0610 e. The number of likely N-dealkylation sites (N-methyl/N-ethyl adjacent to an activating group) is 1. The lowest BCUT2D eigenvalue weighted by atomic mass is 10.1. The molecule has 0 aliphatic carbocycles. The Balaban J connectivity index is 2.70. The van der Waals surface area contributed by atoms with E-state index in [9.17, 15) is 5.11 Å². The summed E-state index contributed by atoms with van der Waals surface area (Å²) in [5, 5.41) is 13.5. The van der Waals surface area contributed by atoms with Crippen molar-refractivity contribution < 1.29 is 5.11 Å². The van der Waals surface area contributed by atoms with Crippen LogP contribution >= 0.6 is 0 Å². The van der Waals surface area contributed by atoms with Crippen molar-refractivity contribution in [3.8, 4) is 0 Å². The van der Waals surface area contributed by atoms with Crippen molar-refractivity contribution in [2.24, 2.45) is 0 Å². The van der Waals surface area contributed by atoms with Gasteiger partial charge >= 0.3 is 0 Å². The summed E-state index contributed by atoms with van der Waals surface area (Å²) in [4.78, 5) is 2.14. The van der Waals surface area contributed by atoms with Gasteiger partial charge in [0.1, 0.15) is 0 Å². The second kappa shape index (κ2) is 4.77. The molecule has 0 saturated carbocycles. The molecule has 0 aromatic carbocycles. The van der Waals surface area contributed by atoms with Gasteiger partial charge in [-0.05, 0) is 33.9 Å². The molecule has 0 spiro atoms. The minimum absolute atomic E-state index is 0.157. The predicted molar refractivity (Wildman–Crippen MR) is 60.5 cm³/mol. The summed E-state index contributed by atoms with van der Waals surface area (Å²) in [6, 6.07) is 2.02. The lowest BCUT2D eigenvalue weighted by molar-refractivity contribution is 0.0713. The zero-order chi connectivity index (χ0) is 11.5. The van der Waals surface area contributed by atoms with Crippen molar-refractivity contribution in [2.45, 2.75) is 39.4 Å². The van der Waals surface area contributed by atoms with E-state index in [-0.39, 0.29) is 12.1 Å². The van der Waals surface area contributed by atoms with Crippen molar-refractivity contribution in [3.63, 3.8) is 0 Å². The highest BCUT2D eigenvalue weighted by Crippen LogP contribution is 2.14. The second-order valence-electron chi connectivity index (χ2n) is 4.46. The Morgan fingerprint density at radius 2 is 2.20 bits per heavy atom. The average Bonchev–Trinajstić information content (AvgIpc) is 2.65. The largest absolute Gasteiger partial charge is 0.394 e. The summed E-state index contributed by atoms with van der Waals surface area (Å²) in [5.41, 5.74) is 0.990. The molecule has 0 aliphatic heterocycles. The molecular weight excluding hydrogens is 190 g/mol. The predicted octanol–water partition coefficient (Wildman–Crippen LogP) is 1.11. The topological polar surface area (TPSA) is 41.3 Å². The van der Waals surface area contributed by atoms with Crippen LogP contribution in [0.4, 0.5) is 0 Å². The third-order valence-electron chi connectivity index (χ3n) is 2.92. The number of hydrogen-bond acceptors (Lipinski definition) is 3. The van der Waals surface area contributed by atoms with E-state index in [0.717, 1.165) is 13.1 Å². The molecule has 1 rings (SSSR count). The molecule has 0 radical (unpaired) electrons. The highest BCUT2D eigenvalue weighted by molar-refractivity contribution is 5.01. The van der Waals surface area contributed by atoms with Gasteiger partial charge in [0.2, 0.25) is 0 Å². The average molecular weight is 211 g/mol. The standard InChI is InChI=1S/C11H21N3O/c1-5-14-10(6-7-12-14)8-13(4)11(2,3)9-15/h6-7,15H,5,8-9H2,1-4H3. The fourth-order valence-electron chi connectivity index (χ4n) is 1.36. The van der Waals surface area contributed by atoms with Crippen LogP contribution in [-0.2, 0) is 13.1 Å². The summed E-state index contributed by atoms with van der Waals surface area (Å²) in [7, 11) is 2.02. The zero-order valence-corrected chi connectivity index (χ0v) is 10.1. The Morgan fingerprint density at radius 1 is 1.53 bits per heavy atom. The van der Waals surface area contributed by atoms with Crippen LogP contribution in [0.3, 0.4) is 0 Å². The van der Waals surface area contributed by atoms with Crippen LogP contribution < -0.4 is 0 Å². The number of rotatable bonds is 5. The summed E-state index contributed by atoms with van der Waals surface area (Å²) in [6.45, 7) is 7.98. The van der Waals surface area contributed by atoms with Crippen molar-refractivity contribution in [1.29, 1.82) is 0 Å². The Kier molecular flexibility index (Phi) is 3.88. The van der Waals surface area contributed by atoms with Gasteiger partial charge in [-0.3, -0.25) is 9.58 Å². The molecule has 4 heteroatoms. The second-order valence-corrected chi connectivity index (χ2v) is 4.46. The summed E-state index contributed by atoms with van der Waals surface area (Å²) < 4.78 is 1.98. The number of aliphatic hydroxyl groups excluding tert-OH is 1.